The van der Waals surface area contributed by atoms with Crippen LogP contribution in [0, 0.1) is 0 Å². The van der Waals surface area contributed by atoms with Crippen LogP contribution in [-0.4, -0.2) is 37.4 Å². The maximum Gasteiger partial charge on any atom is 0.323 e. The third kappa shape index (κ3) is 4.07. The van der Waals surface area contributed by atoms with Crippen molar-refractivity contribution < 1.29 is 14.3 Å². The van der Waals surface area contributed by atoms with Crippen molar-refractivity contribution in [2.24, 2.45) is 0 Å². The number of carbonyl (C=O) groups is 1. The van der Waals surface area contributed by atoms with Crippen LogP contribution in [0.15, 0.2) is 42.5 Å². The molecule has 0 aliphatic carbocycles. The zero-order chi connectivity index (χ0) is 18.5. The van der Waals surface area contributed by atoms with Crippen molar-refractivity contribution in [3.63, 3.8) is 0 Å². The lowest BCUT2D eigenvalue weighted by molar-refractivity contribution is 0.214. The molecule has 2 amide bonds. The number of rotatable bonds is 5. The van der Waals surface area contributed by atoms with E-state index in [1.54, 1.807) is 26.0 Å². The summed E-state index contributed by atoms with van der Waals surface area (Å²) in [7, 11) is 3.26. The van der Waals surface area contributed by atoms with E-state index in [9.17, 15) is 4.79 Å². The SMILES string of the molecule is CCc1cccc(NC(=O)N2CCS[C@H]2c2cc(OC)cc(OC)c2)c1. The number of anilines is 1. The molecule has 0 bridgehead atoms. The van der Waals surface area contributed by atoms with Gasteiger partial charge in [0.05, 0.1) is 14.2 Å². The maximum atomic E-state index is 12.8. The molecular formula is C20H24N2O3S. The van der Waals surface area contributed by atoms with Crippen LogP contribution >= 0.6 is 11.8 Å². The second-order valence-electron chi connectivity index (χ2n) is 6.05. The minimum atomic E-state index is -0.0879. The molecule has 0 saturated carbocycles. The molecule has 26 heavy (non-hydrogen) atoms. The van der Waals surface area contributed by atoms with Gasteiger partial charge in [-0.15, -0.1) is 11.8 Å². The third-order valence-corrected chi connectivity index (χ3v) is 5.66. The van der Waals surface area contributed by atoms with Gasteiger partial charge in [-0.2, -0.15) is 0 Å². The van der Waals surface area contributed by atoms with Crippen molar-refractivity contribution in [3.8, 4) is 11.5 Å². The smallest absolute Gasteiger partial charge is 0.323 e. The molecule has 1 heterocycles. The van der Waals surface area contributed by atoms with Gasteiger partial charge in [-0.25, -0.2) is 4.79 Å². The predicted molar refractivity (Wildman–Crippen MR) is 106 cm³/mol. The van der Waals surface area contributed by atoms with E-state index in [2.05, 4.69) is 18.3 Å². The highest BCUT2D eigenvalue weighted by Gasteiger charge is 2.31. The van der Waals surface area contributed by atoms with E-state index in [1.165, 1.54) is 5.56 Å². The van der Waals surface area contributed by atoms with Gasteiger partial charge in [0, 0.05) is 24.1 Å². The molecule has 2 aromatic carbocycles. The summed E-state index contributed by atoms with van der Waals surface area (Å²) in [5, 5.41) is 2.96. The number of carbonyl (C=O) groups excluding carboxylic acids is 1. The van der Waals surface area contributed by atoms with Crippen molar-refractivity contribution in [2.45, 2.75) is 18.7 Å². The number of benzene rings is 2. The van der Waals surface area contributed by atoms with Crippen molar-refractivity contribution in [3.05, 3.63) is 53.6 Å². The lowest BCUT2D eigenvalue weighted by Crippen LogP contribution is -2.34. The van der Waals surface area contributed by atoms with E-state index >= 15 is 0 Å². The first-order chi connectivity index (χ1) is 12.6. The van der Waals surface area contributed by atoms with E-state index in [0.717, 1.165) is 34.9 Å². The molecule has 0 spiro atoms. The van der Waals surface area contributed by atoms with Gasteiger partial charge in [-0.3, -0.25) is 0 Å². The quantitative estimate of drug-likeness (QED) is 0.837. The number of nitrogens with zero attached hydrogens (tertiary/aromatic N) is 1. The molecule has 0 aromatic heterocycles. The molecule has 138 valence electrons. The number of methoxy groups -OCH3 is 2. The molecule has 0 radical (unpaired) electrons. The van der Waals surface area contributed by atoms with Crippen LogP contribution in [0.2, 0.25) is 0 Å². The molecule has 1 atom stereocenters. The van der Waals surface area contributed by atoms with E-state index in [0.29, 0.717) is 6.54 Å². The van der Waals surface area contributed by atoms with Crippen LogP contribution in [0.5, 0.6) is 11.5 Å². The number of thioether (sulfide) groups is 1. The predicted octanol–water partition coefficient (Wildman–Crippen LogP) is 4.55. The van der Waals surface area contributed by atoms with Crippen LogP contribution in [0.25, 0.3) is 0 Å². The number of hydrogen-bond acceptors (Lipinski definition) is 4. The van der Waals surface area contributed by atoms with Crippen molar-refractivity contribution in [2.75, 3.05) is 31.8 Å². The Morgan fingerprint density at radius 3 is 2.58 bits per heavy atom. The number of urea groups is 1. The summed E-state index contributed by atoms with van der Waals surface area (Å²) in [5.41, 5.74) is 3.03. The molecular weight excluding hydrogens is 348 g/mol. The third-order valence-electron chi connectivity index (χ3n) is 4.40. The van der Waals surface area contributed by atoms with E-state index in [1.807, 2.05) is 41.3 Å². The molecule has 3 rings (SSSR count). The van der Waals surface area contributed by atoms with Gasteiger partial charge in [0.1, 0.15) is 16.9 Å². The first-order valence-electron chi connectivity index (χ1n) is 8.65. The average Bonchev–Trinajstić information content (AvgIpc) is 3.17. The summed E-state index contributed by atoms with van der Waals surface area (Å²) in [4.78, 5) is 14.7. The first-order valence-corrected chi connectivity index (χ1v) is 9.70. The van der Waals surface area contributed by atoms with Gasteiger partial charge < -0.3 is 19.7 Å². The lowest BCUT2D eigenvalue weighted by atomic mass is 10.1. The van der Waals surface area contributed by atoms with Crippen molar-refractivity contribution in [1.29, 1.82) is 0 Å². The Bertz CT molecular complexity index is 759. The molecule has 0 unspecified atom stereocenters. The molecule has 1 N–H and O–H groups in total. The van der Waals surface area contributed by atoms with Crippen LogP contribution in [0.3, 0.4) is 0 Å². The highest BCUT2D eigenvalue weighted by molar-refractivity contribution is 7.99. The van der Waals surface area contributed by atoms with Gasteiger partial charge in [-0.1, -0.05) is 19.1 Å². The summed E-state index contributed by atoms with van der Waals surface area (Å²) in [5.74, 6) is 2.35. The van der Waals surface area contributed by atoms with Crippen LogP contribution in [-0.2, 0) is 6.42 Å². The monoisotopic (exact) mass is 372 g/mol. The summed E-state index contributed by atoms with van der Waals surface area (Å²) in [6.45, 7) is 2.80. The molecule has 6 heteroatoms. The van der Waals surface area contributed by atoms with Crippen molar-refractivity contribution >= 4 is 23.5 Å². The maximum absolute atomic E-state index is 12.8. The fraction of sp³-hybridized carbons (Fsp3) is 0.350. The van der Waals surface area contributed by atoms with Crippen LogP contribution in [0.4, 0.5) is 10.5 Å². The van der Waals surface area contributed by atoms with Gasteiger partial charge >= 0.3 is 6.03 Å². The Hall–Kier alpha value is -2.34. The Labute approximate surface area is 158 Å². The molecule has 2 aromatic rings. The normalized spacial score (nSPS) is 16.4. The summed E-state index contributed by atoms with van der Waals surface area (Å²) in [6.07, 6.45) is 0.940. The van der Waals surface area contributed by atoms with Gasteiger partial charge in [0.15, 0.2) is 0 Å². The zero-order valence-electron chi connectivity index (χ0n) is 15.3. The lowest BCUT2D eigenvalue weighted by Gasteiger charge is -2.25. The van der Waals surface area contributed by atoms with Crippen molar-refractivity contribution in [1.82, 2.24) is 4.90 Å². The standard InChI is InChI=1S/C20H24N2O3S/c1-4-14-6-5-7-16(10-14)21-20(23)22-8-9-26-19(22)15-11-17(24-2)13-18(12-15)25-3/h5-7,10-13,19H,4,8-9H2,1-3H3,(H,21,23)/t19-/m0/s1. The number of aryl methyl sites for hydroxylation is 1. The highest BCUT2D eigenvalue weighted by Crippen LogP contribution is 2.40. The Morgan fingerprint density at radius 2 is 1.92 bits per heavy atom. The van der Waals surface area contributed by atoms with Crippen LogP contribution < -0.4 is 14.8 Å². The zero-order valence-corrected chi connectivity index (χ0v) is 16.1. The number of nitrogens with one attached hydrogen (secondary N) is 1. The Kier molecular flexibility index (Phi) is 5.93. The molecule has 1 aliphatic heterocycles. The fourth-order valence-electron chi connectivity index (χ4n) is 2.99. The fourth-order valence-corrected chi connectivity index (χ4v) is 4.23. The first kappa shape index (κ1) is 18.5. The number of amides is 2. The summed E-state index contributed by atoms with van der Waals surface area (Å²) < 4.78 is 10.7. The minimum absolute atomic E-state index is 0.0617. The van der Waals surface area contributed by atoms with E-state index < -0.39 is 0 Å². The van der Waals surface area contributed by atoms with Crippen LogP contribution in [0.1, 0.15) is 23.4 Å². The van der Waals surface area contributed by atoms with E-state index in [-0.39, 0.29) is 11.4 Å². The Balaban J connectivity index is 1.80. The van der Waals surface area contributed by atoms with E-state index in [4.69, 9.17) is 9.47 Å². The summed E-state index contributed by atoms with van der Waals surface area (Å²) in [6, 6.07) is 13.6. The van der Waals surface area contributed by atoms with Gasteiger partial charge in [0.2, 0.25) is 0 Å². The van der Waals surface area contributed by atoms with Gasteiger partial charge in [0.25, 0.3) is 0 Å². The molecule has 1 saturated heterocycles. The summed E-state index contributed by atoms with van der Waals surface area (Å²) >= 11 is 1.74. The molecule has 1 fully saturated rings. The molecule has 5 nitrogen and oxygen atoms in total. The topological polar surface area (TPSA) is 50.8 Å². The minimum Gasteiger partial charge on any atom is -0.497 e. The van der Waals surface area contributed by atoms with Gasteiger partial charge in [-0.05, 0) is 41.8 Å². The largest absolute Gasteiger partial charge is 0.497 e. The number of hydrogen-bond donors (Lipinski definition) is 1. The molecule has 1 aliphatic rings. The second kappa shape index (κ2) is 8.36. The average molecular weight is 372 g/mol. The second-order valence-corrected chi connectivity index (χ2v) is 7.23. The highest BCUT2D eigenvalue weighted by atomic mass is 32.2. The number of ether oxygens (including phenoxy) is 2. The Morgan fingerprint density at radius 1 is 1.19 bits per heavy atom.